The molecule has 1 aliphatic rings. The van der Waals surface area contributed by atoms with Crippen LogP contribution in [0.1, 0.15) is 27.7 Å². The summed E-state index contributed by atoms with van der Waals surface area (Å²) in [4.78, 5) is 0. The number of hydrogen-bond donors (Lipinski definition) is 0. The summed E-state index contributed by atoms with van der Waals surface area (Å²) in [6.45, 7) is 8.18. The molecule has 2 aromatic carbocycles. The summed E-state index contributed by atoms with van der Waals surface area (Å²) in [7, 11) is -0.470. The van der Waals surface area contributed by atoms with Gasteiger partial charge in [-0.15, -0.1) is 0 Å². The minimum atomic E-state index is -0.470. The molecule has 24 heavy (non-hydrogen) atoms. The standard InChI is InChI=1S/C20H21BO3/c1-19(2)20(3,4)24-21(23-19)18-13-16-12-15(10-11-17(16)22-18)14-8-6-5-7-9-14/h5-13H,1-4H3. The van der Waals surface area contributed by atoms with Gasteiger partial charge in [-0.1, -0.05) is 36.4 Å². The molecule has 122 valence electrons. The van der Waals surface area contributed by atoms with Gasteiger partial charge in [0.15, 0.2) is 0 Å². The molecule has 0 N–H and O–H groups in total. The Labute approximate surface area is 142 Å². The maximum atomic E-state index is 6.08. The summed E-state index contributed by atoms with van der Waals surface area (Å²) in [5.74, 6) is 0. The van der Waals surface area contributed by atoms with E-state index in [1.165, 1.54) is 11.1 Å². The largest absolute Gasteiger partial charge is 0.532 e. The predicted molar refractivity (Wildman–Crippen MR) is 97.4 cm³/mol. The molecule has 0 atom stereocenters. The third kappa shape index (κ3) is 2.47. The van der Waals surface area contributed by atoms with Gasteiger partial charge in [-0.3, -0.25) is 0 Å². The maximum absolute atomic E-state index is 6.08. The Bertz CT molecular complexity index is 864. The lowest BCUT2D eigenvalue weighted by molar-refractivity contribution is 0.00578. The zero-order valence-corrected chi connectivity index (χ0v) is 14.5. The molecule has 1 aliphatic heterocycles. The van der Waals surface area contributed by atoms with Gasteiger partial charge in [0.1, 0.15) is 11.2 Å². The monoisotopic (exact) mass is 320 g/mol. The van der Waals surface area contributed by atoms with Gasteiger partial charge in [0.25, 0.3) is 0 Å². The van der Waals surface area contributed by atoms with Crippen LogP contribution in [0.5, 0.6) is 0 Å². The van der Waals surface area contributed by atoms with Gasteiger partial charge in [-0.25, -0.2) is 0 Å². The van der Waals surface area contributed by atoms with Crippen molar-refractivity contribution in [2.75, 3.05) is 0 Å². The third-order valence-corrected chi connectivity index (χ3v) is 5.13. The molecule has 1 saturated heterocycles. The fraction of sp³-hybridized carbons (Fsp3) is 0.300. The van der Waals surface area contributed by atoms with Crippen LogP contribution < -0.4 is 5.66 Å². The molecule has 4 rings (SSSR count). The third-order valence-electron chi connectivity index (χ3n) is 5.13. The number of fused-ring (bicyclic) bond motifs is 1. The molecule has 0 saturated carbocycles. The van der Waals surface area contributed by atoms with E-state index in [1.807, 2.05) is 58.0 Å². The highest BCUT2D eigenvalue weighted by atomic mass is 16.7. The van der Waals surface area contributed by atoms with Crippen molar-refractivity contribution in [3.63, 3.8) is 0 Å². The van der Waals surface area contributed by atoms with Crippen molar-refractivity contribution in [2.45, 2.75) is 38.9 Å². The van der Waals surface area contributed by atoms with Gasteiger partial charge in [0.2, 0.25) is 0 Å². The molecule has 0 unspecified atom stereocenters. The Balaban J connectivity index is 1.70. The van der Waals surface area contributed by atoms with Crippen LogP contribution in [0.3, 0.4) is 0 Å². The van der Waals surface area contributed by atoms with Gasteiger partial charge < -0.3 is 13.7 Å². The summed E-state index contributed by atoms with van der Waals surface area (Å²) in [5.41, 5.74) is 3.19. The number of benzene rings is 2. The first-order valence-electron chi connectivity index (χ1n) is 8.30. The molecule has 0 spiro atoms. The van der Waals surface area contributed by atoms with Crippen LogP contribution in [0, 0.1) is 0 Å². The fourth-order valence-corrected chi connectivity index (χ4v) is 2.95. The van der Waals surface area contributed by atoms with Crippen LogP contribution in [-0.4, -0.2) is 18.3 Å². The second-order valence-electron chi connectivity index (χ2n) is 7.36. The summed E-state index contributed by atoms with van der Waals surface area (Å²) < 4.78 is 18.1. The smallest absolute Gasteiger partial charge is 0.465 e. The number of hydrogen-bond acceptors (Lipinski definition) is 3. The van der Waals surface area contributed by atoms with Gasteiger partial charge >= 0.3 is 7.12 Å². The van der Waals surface area contributed by atoms with Gasteiger partial charge in [0.05, 0.1) is 11.2 Å². The van der Waals surface area contributed by atoms with Crippen LogP contribution >= 0.6 is 0 Å². The molecule has 0 radical (unpaired) electrons. The molecule has 3 nitrogen and oxygen atoms in total. The second-order valence-corrected chi connectivity index (χ2v) is 7.36. The normalized spacial score (nSPS) is 19.1. The predicted octanol–water partition coefficient (Wildman–Crippen LogP) is 4.40. The average Bonchev–Trinajstić information content (AvgIpc) is 3.06. The molecule has 0 aliphatic carbocycles. The van der Waals surface area contributed by atoms with Crippen molar-refractivity contribution in [1.29, 1.82) is 0 Å². The summed E-state index contributed by atoms with van der Waals surface area (Å²) in [6, 6.07) is 18.6. The topological polar surface area (TPSA) is 31.6 Å². The van der Waals surface area contributed by atoms with E-state index in [4.69, 9.17) is 13.7 Å². The highest BCUT2D eigenvalue weighted by Crippen LogP contribution is 2.37. The zero-order chi connectivity index (χ0) is 16.9. The quantitative estimate of drug-likeness (QED) is 0.656. The summed E-state index contributed by atoms with van der Waals surface area (Å²) in [5, 5.41) is 1.06. The highest BCUT2D eigenvalue weighted by molar-refractivity contribution is 6.61. The molecule has 0 bridgehead atoms. The van der Waals surface area contributed by atoms with Crippen LogP contribution in [0.4, 0.5) is 0 Å². The Morgan fingerprint density at radius 3 is 2.08 bits per heavy atom. The molecule has 0 amide bonds. The lowest BCUT2D eigenvalue weighted by Crippen LogP contribution is -2.41. The van der Waals surface area contributed by atoms with E-state index in [9.17, 15) is 0 Å². The zero-order valence-electron chi connectivity index (χ0n) is 14.5. The van der Waals surface area contributed by atoms with E-state index in [0.29, 0.717) is 5.66 Å². The highest BCUT2D eigenvalue weighted by Gasteiger charge is 2.53. The maximum Gasteiger partial charge on any atom is 0.532 e. The minimum absolute atomic E-state index is 0.369. The van der Waals surface area contributed by atoms with Crippen LogP contribution in [-0.2, 0) is 9.31 Å². The molecular weight excluding hydrogens is 299 g/mol. The van der Waals surface area contributed by atoms with Crippen LogP contribution in [0.2, 0.25) is 0 Å². The van der Waals surface area contributed by atoms with Crippen molar-refractivity contribution in [1.82, 2.24) is 0 Å². The van der Waals surface area contributed by atoms with Crippen molar-refractivity contribution < 1.29 is 13.7 Å². The molecule has 1 aromatic heterocycles. The first kappa shape index (κ1) is 15.5. The lowest BCUT2D eigenvalue weighted by Gasteiger charge is -2.32. The van der Waals surface area contributed by atoms with E-state index in [-0.39, 0.29) is 11.2 Å². The number of furan rings is 1. The first-order valence-corrected chi connectivity index (χ1v) is 8.30. The van der Waals surface area contributed by atoms with Gasteiger partial charge in [0, 0.05) is 5.39 Å². The first-order chi connectivity index (χ1) is 11.4. The van der Waals surface area contributed by atoms with Crippen molar-refractivity contribution in [2.24, 2.45) is 0 Å². The molecule has 2 heterocycles. The SMILES string of the molecule is CC1(C)OB(c2cc3cc(-c4ccccc4)ccc3o2)OC1(C)C. The fourth-order valence-electron chi connectivity index (χ4n) is 2.95. The van der Waals surface area contributed by atoms with Crippen molar-refractivity contribution in [3.8, 4) is 11.1 Å². The summed E-state index contributed by atoms with van der Waals surface area (Å²) >= 11 is 0. The van der Waals surface area contributed by atoms with Gasteiger partial charge in [-0.2, -0.15) is 0 Å². The van der Waals surface area contributed by atoms with E-state index in [2.05, 4.69) is 24.3 Å². The van der Waals surface area contributed by atoms with Gasteiger partial charge in [-0.05, 0) is 57.0 Å². The van der Waals surface area contributed by atoms with E-state index in [0.717, 1.165) is 11.0 Å². The Morgan fingerprint density at radius 2 is 1.42 bits per heavy atom. The minimum Gasteiger partial charge on any atom is -0.465 e. The lowest BCUT2D eigenvalue weighted by atomic mass is 9.86. The van der Waals surface area contributed by atoms with Crippen molar-refractivity contribution >= 4 is 23.7 Å². The molecule has 3 aromatic rings. The second kappa shape index (κ2) is 5.23. The van der Waals surface area contributed by atoms with Crippen molar-refractivity contribution in [3.05, 3.63) is 54.6 Å². The number of rotatable bonds is 2. The summed E-state index contributed by atoms with van der Waals surface area (Å²) in [6.07, 6.45) is 0. The van der Waals surface area contributed by atoms with E-state index in [1.54, 1.807) is 0 Å². The van der Waals surface area contributed by atoms with Crippen LogP contribution in [0.15, 0.2) is 59.0 Å². The molecule has 4 heteroatoms. The average molecular weight is 320 g/mol. The Kier molecular flexibility index (Phi) is 3.38. The Morgan fingerprint density at radius 1 is 0.750 bits per heavy atom. The van der Waals surface area contributed by atoms with E-state index < -0.39 is 7.12 Å². The Hall–Kier alpha value is -2.04. The van der Waals surface area contributed by atoms with Crippen LogP contribution in [0.25, 0.3) is 22.1 Å². The van der Waals surface area contributed by atoms with E-state index >= 15 is 0 Å². The molecule has 1 fully saturated rings. The molecular formula is C20H21BO3.